The third-order valence-electron chi connectivity index (χ3n) is 3.52. The summed E-state index contributed by atoms with van der Waals surface area (Å²) >= 11 is 1.09. The molecular formula is C13H20N2O4S2. The van der Waals surface area contributed by atoms with Gasteiger partial charge >= 0.3 is 5.97 Å². The summed E-state index contributed by atoms with van der Waals surface area (Å²) in [6, 6.07) is 0. The normalized spacial score (nSPS) is 15.0. The first-order valence-corrected chi connectivity index (χ1v) is 9.23. The predicted octanol–water partition coefficient (Wildman–Crippen LogP) is 1.76. The molecule has 0 bridgehead atoms. The molecule has 0 atom stereocenters. The number of carbonyl (C=O) groups excluding carboxylic acids is 1. The molecule has 2 rings (SSSR count). The molecule has 0 aliphatic heterocycles. The van der Waals surface area contributed by atoms with Crippen LogP contribution in [0.5, 0.6) is 0 Å². The number of thiophene rings is 1. The first-order chi connectivity index (χ1) is 9.81. The molecule has 0 amide bonds. The van der Waals surface area contributed by atoms with Crippen molar-refractivity contribution in [2.45, 2.75) is 24.7 Å². The number of esters is 1. The number of ether oxygens (including phenoxy) is 1. The van der Waals surface area contributed by atoms with E-state index in [9.17, 15) is 13.2 Å². The highest BCUT2D eigenvalue weighted by atomic mass is 32.2. The molecule has 1 aliphatic rings. The predicted molar refractivity (Wildman–Crippen MR) is 83.8 cm³/mol. The van der Waals surface area contributed by atoms with E-state index in [1.54, 1.807) is 6.92 Å². The molecule has 0 unspecified atom stereocenters. The Morgan fingerprint density at radius 1 is 1.48 bits per heavy atom. The van der Waals surface area contributed by atoms with Gasteiger partial charge in [0, 0.05) is 13.6 Å². The van der Waals surface area contributed by atoms with E-state index in [1.165, 1.54) is 7.11 Å². The van der Waals surface area contributed by atoms with Gasteiger partial charge in [-0.25, -0.2) is 13.2 Å². The van der Waals surface area contributed by atoms with E-state index in [-0.39, 0.29) is 21.2 Å². The summed E-state index contributed by atoms with van der Waals surface area (Å²) in [6.07, 6.45) is 2.32. The minimum atomic E-state index is -3.50. The van der Waals surface area contributed by atoms with Gasteiger partial charge in [0.2, 0.25) is 0 Å². The Bertz CT molecular complexity index is 647. The van der Waals surface area contributed by atoms with Crippen molar-refractivity contribution >= 4 is 37.8 Å². The third-order valence-corrected chi connectivity index (χ3v) is 6.74. The van der Waals surface area contributed by atoms with Gasteiger partial charge < -0.3 is 15.4 Å². The second kappa shape index (κ2) is 5.84. The van der Waals surface area contributed by atoms with E-state index in [0.717, 1.165) is 30.7 Å². The van der Waals surface area contributed by atoms with Crippen molar-refractivity contribution in [3.8, 4) is 0 Å². The Morgan fingerprint density at radius 3 is 2.57 bits per heavy atom. The van der Waals surface area contributed by atoms with Gasteiger partial charge in [-0.3, -0.25) is 0 Å². The summed E-state index contributed by atoms with van der Waals surface area (Å²) in [5.41, 5.74) is 5.94. The second-order valence-corrected chi connectivity index (χ2v) is 8.41. The summed E-state index contributed by atoms with van der Waals surface area (Å²) in [5, 5.41) is 0.529. The van der Waals surface area contributed by atoms with E-state index in [1.807, 2.05) is 11.9 Å². The molecule has 8 heteroatoms. The van der Waals surface area contributed by atoms with Gasteiger partial charge in [0.25, 0.3) is 0 Å². The van der Waals surface area contributed by atoms with Crippen LogP contribution in [0, 0.1) is 5.92 Å². The van der Waals surface area contributed by atoms with E-state index in [0.29, 0.717) is 10.9 Å². The number of anilines is 2. The summed E-state index contributed by atoms with van der Waals surface area (Å²) in [6.45, 7) is 2.34. The maximum atomic E-state index is 12.3. The van der Waals surface area contributed by atoms with Crippen LogP contribution in [0.25, 0.3) is 0 Å². The topological polar surface area (TPSA) is 89.7 Å². The van der Waals surface area contributed by atoms with Gasteiger partial charge in [0.1, 0.15) is 14.8 Å². The Hall–Kier alpha value is -1.28. The van der Waals surface area contributed by atoms with Crippen molar-refractivity contribution in [1.29, 1.82) is 0 Å². The fourth-order valence-electron chi connectivity index (χ4n) is 2.13. The zero-order chi connectivity index (χ0) is 15.8. The number of rotatable bonds is 6. The molecule has 0 radical (unpaired) electrons. The molecule has 6 nitrogen and oxygen atoms in total. The molecule has 1 aromatic rings. The highest BCUT2D eigenvalue weighted by molar-refractivity contribution is 7.92. The largest absolute Gasteiger partial charge is 0.465 e. The standard InChI is InChI=1S/C13H20N2O4S2/c1-4-21(17,18)11-9(14)10(13(16)19-3)20-12(11)15(2)7-8-5-6-8/h8H,4-7,14H2,1-3H3. The number of nitrogen functional groups attached to an aromatic ring is 1. The van der Waals surface area contributed by atoms with Crippen LogP contribution in [0.1, 0.15) is 29.4 Å². The minimum absolute atomic E-state index is 0.00588. The SMILES string of the molecule is CCS(=O)(=O)c1c(N(C)CC2CC2)sc(C(=O)OC)c1N. The Morgan fingerprint density at radius 2 is 2.10 bits per heavy atom. The van der Waals surface area contributed by atoms with Crippen LogP contribution < -0.4 is 10.6 Å². The van der Waals surface area contributed by atoms with Crippen LogP contribution in [0.3, 0.4) is 0 Å². The number of sulfone groups is 1. The van der Waals surface area contributed by atoms with Crippen molar-refractivity contribution in [2.75, 3.05) is 37.1 Å². The molecule has 0 saturated heterocycles. The lowest BCUT2D eigenvalue weighted by molar-refractivity contribution is 0.0607. The van der Waals surface area contributed by atoms with Crippen LogP contribution >= 0.6 is 11.3 Å². The smallest absolute Gasteiger partial charge is 0.350 e. The van der Waals surface area contributed by atoms with Gasteiger partial charge in [0.05, 0.1) is 18.6 Å². The number of nitrogens with zero attached hydrogens (tertiary/aromatic N) is 1. The van der Waals surface area contributed by atoms with E-state index >= 15 is 0 Å². The maximum Gasteiger partial charge on any atom is 0.350 e. The van der Waals surface area contributed by atoms with E-state index in [4.69, 9.17) is 5.73 Å². The van der Waals surface area contributed by atoms with Crippen LogP contribution in [0.4, 0.5) is 10.7 Å². The molecule has 1 aliphatic carbocycles. The van der Waals surface area contributed by atoms with Gasteiger partial charge in [-0.05, 0) is 18.8 Å². The first-order valence-electron chi connectivity index (χ1n) is 6.76. The van der Waals surface area contributed by atoms with Gasteiger partial charge in [-0.15, -0.1) is 11.3 Å². The fraction of sp³-hybridized carbons (Fsp3) is 0.615. The fourth-order valence-corrected chi connectivity index (χ4v) is 4.85. The molecule has 0 aromatic carbocycles. The van der Waals surface area contributed by atoms with Crippen LogP contribution in [-0.2, 0) is 14.6 Å². The van der Waals surface area contributed by atoms with Crippen LogP contribution in [0.2, 0.25) is 0 Å². The van der Waals surface area contributed by atoms with Crippen molar-refractivity contribution in [1.82, 2.24) is 0 Å². The molecule has 1 heterocycles. The lowest BCUT2D eigenvalue weighted by Crippen LogP contribution is -2.21. The zero-order valence-corrected chi connectivity index (χ0v) is 14.0. The number of methoxy groups -OCH3 is 1. The molecule has 1 aromatic heterocycles. The number of hydrogen-bond acceptors (Lipinski definition) is 7. The minimum Gasteiger partial charge on any atom is -0.465 e. The number of nitrogens with two attached hydrogens (primary N) is 1. The van der Waals surface area contributed by atoms with E-state index < -0.39 is 15.8 Å². The molecular weight excluding hydrogens is 312 g/mol. The molecule has 21 heavy (non-hydrogen) atoms. The van der Waals surface area contributed by atoms with Gasteiger partial charge in [-0.2, -0.15) is 0 Å². The molecule has 118 valence electrons. The lowest BCUT2D eigenvalue weighted by atomic mass is 10.3. The first kappa shape index (κ1) is 16.1. The highest BCUT2D eigenvalue weighted by Gasteiger charge is 2.32. The summed E-state index contributed by atoms with van der Waals surface area (Å²) in [4.78, 5) is 13.9. The molecule has 2 N–H and O–H groups in total. The molecule has 1 saturated carbocycles. The number of carbonyl (C=O) groups is 1. The Balaban J connectivity index is 2.52. The molecule has 0 spiro atoms. The van der Waals surface area contributed by atoms with Crippen molar-refractivity contribution in [3.05, 3.63) is 4.88 Å². The van der Waals surface area contributed by atoms with Crippen molar-refractivity contribution in [2.24, 2.45) is 5.92 Å². The summed E-state index contributed by atoms with van der Waals surface area (Å²) in [5.74, 6) is -0.0630. The molecule has 1 fully saturated rings. The Kier molecular flexibility index (Phi) is 4.48. The third kappa shape index (κ3) is 3.16. The lowest BCUT2D eigenvalue weighted by Gasteiger charge is -2.18. The average molecular weight is 332 g/mol. The van der Waals surface area contributed by atoms with Crippen LogP contribution in [-0.4, -0.2) is 40.8 Å². The second-order valence-electron chi connectivity index (χ2n) is 5.20. The quantitative estimate of drug-likeness (QED) is 0.798. The van der Waals surface area contributed by atoms with Crippen molar-refractivity contribution in [3.63, 3.8) is 0 Å². The average Bonchev–Trinajstić information content (AvgIpc) is 3.18. The summed E-state index contributed by atoms with van der Waals surface area (Å²) < 4.78 is 29.3. The maximum absolute atomic E-state index is 12.3. The summed E-state index contributed by atoms with van der Waals surface area (Å²) in [7, 11) is -0.419. The number of hydrogen-bond donors (Lipinski definition) is 1. The van der Waals surface area contributed by atoms with Gasteiger partial charge in [0.15, 0.2) is 9.84 Å². The highest BCUT2D eigenvalue weighted by Crippen LogP contribution is 2.43. The zero-order valence-electron chi connectivity index (χ0n) is 12.4. The van der Waals surface area contributed by atoms with Crippen LogP contribution in [0.15, 0.2) is 4.90 Å². The monoisotopic (exact) mass is 332 g/mol. The van der Waals surface area contributed by atoms with Crippen molar-refractivity contribution < 1.29 is 17.9 Å². The Labute approximate surface area is 128 Å². The van der Waals surface area contributed by atoms with Gasteiger partial charge in [-0.1, -0.05) is 6.92 Å². The van der Waals surface area contributed by atoms with E-state index in [2.05, 4.69) is 4.74 Å².